The molecule has 1 unspecified atom stereocenters. The van der Waals surface area contributed by atoms with Gasteiger partial charge < -0.3 is 4.74 Å². The van der Waals surface area contributed by atoms with Gasteiger partial charge in [-0.3, -0.25) is 13.5 Å². The van der Waals surface area contributed by atoms with Crippen molar-refractivity contribution >= 4 is 17.3 Å². The fraction of sp³-hybridized carbons (Fsp3) is 0.857. The molecule has 78 valence electrons. The second-order valence-corrected chi connectivity index (χ2v) is 3.03. The Morgan fingerprint density at radius 1 is 1.46 bits per heavy atom. The lowest BCUT2D eigenvalue weighted by molar-refractivity contribution is -0.144. The largest absolute Gasteiger partial charge is 0.466 e. The van der Waals surface area contributed by atoms with Gasteiger partial charge in [0, 0.05) is 0 Å². The monoisotopic (exact) mass is 210 g/mol. The molecule has 0 aliphatic carbocycles. The average Bonchev–Trinajstić information content (AvgIpc) is 2.04. The second kappa shape index (κ2) is 8.15. The van der Waals surface area contributed by atoms with E-state index in [1.807, 2.05) is 6.92 Å². The van der Waals surface area contributed by atoms with Crippen LogP contribution in [0.5, 0.6) is 0 Å². The van der Waals surface area contributed by atoms with Crippen molar-refractivity contribution in [1.82, 2.24) is 0 Å². The van der Waals surface area contributed by atoms with Crippen molar-refractivity contribution in [2.24, 2.45) is 0 Å². The molecule has 0 aliphatic rings. The summed E-state index contributed by atoms with van der Waals surface area (Å²) < 4.78 is 27.2. The normalized spacial score (nSPS) is 12.5. The summed E-state index contributed by atoms with van der Waals surface area (Å²) in [5, 5.41) is 0. The van der Waals surface area contributed by atoms with Crippen molar-refractivity contribution in [1.29, 1.82) is 0 Å². The number of unbranched alkanes of at least 4 members (excludes halogenated alkanes) is 1. The van der Waals surface area contributed by atoms with E-state index >= 15 is 0 Å². The molecule has 1 N–H and O–H groups in total. The number of esters is 1. The Balaban J connectivity index is 3.25. The molecule has 0 saturated heterocycles. The number of carbonyl (C=O) groups is 1. The minimum Gasteiger partial charge on any atom is -0.466 e. The highest BCUT2D eigenvalue weighted by Crippen LogP contribution is 1.93. The van der Waals surface area contributed by atoms with Gasteiger partial charge in [-0.15, -0.1) is 0 Å². The van der Waals surface area contributed by atoms with E-state index in [-0.39, 0.29) is 13.0 Å². The number of rotatable bonds is 7. The Hall–Kier alpha value is -0.460. The number of hydrogen-bond acceptors (Lipinski definition) is 4. The van der Waals surface area contributed by atoms with Crippen molar-refractivity contribution in [3.8, 4) is 0 Å². The summed E-state index contributed by atoms with van der Waals surface area (Å²) in [5.74, 6) is -0.404. The van der Waals surface area contributed by atoms with E-state index in [4.69, 9.17) is 9.29 Å². The second-order valence-electron chi connectivity index (χ2n) is 2.36. The topological polar surface area (TPSA) is 72.8 Å². The van der Waals surface area contributed by atoms with Crippen LogP contribution in [0.25, 0.3) is 0 Å². The summed E-state index contributed by atoms with van der Waals surface area (Å²) in [7, 11) is 0. The molecule has 0 aromatic heterocycles. The molecular weight excluding hydrogens is 196 g/mol. The van der Waals surface area contributed by atoms with Crippen molar-refractivity contribution in [3.63, 3.8) is 0 Å². The molecule has 0 aliphatic heterocycles. The van der Waals surface area contributed by atoms with Crippen LogP contribution in [0.15, 0.2) is 0 Å². The van der Waals surface area contributed by atoms with E-state index < -0.39 is 17.3 Å². The molecule has 6 heteroatoms. The molecule has 0 bridgehead atoms. The van der Waals surface area contributed by atoms with Crippen LogP contribution in [0, 0.1) is 0 Å². The highest BCUT2D eigenvalue weighted by atomic mass is 32.2. The lowest BCUT2D eigenvalue weighted by atomic mass is 10.4. The van der Waals surface area contributed by atoms with Crippen LogP contribution in [-0.4, -0.2) is 27.9 Å². The van der Waals surface area contributed by atoms with Gasteiger partial charge in [-0.2, -0.15) is 4.21 Å². The predicted octanol–water partition coefficient (Wildman–Crippen LogP) is 0.873. The molecule has 0 rings (SSSR count). The quantitative estimate of drug-likeness (QED) is 0.383. The van der Waals surface area contributed by atoms with Gasteiger partial charge in [0.05, 0.1) is 19.6 Å². The number of ether oxygens (including phenoxy) is 1. The fourth-order valence-electron chi connectivity index (χ4n) is 0.599. The van der Waals surface area contributed by atoms with Crippen LogP contribution in [0.4, 0.5) is 0 Å². The maximum Gasteiger partial charge on any atom is 0.308 e. The van der Waals surface area contributed by atoms with Crippen molar-refractivity contribution in [2.45, 2.75) is 26.2 Å². The Kier molecular flexibility index (Phi) is 7.86. The summed E-state index contributed by atoms with van der Waals surface area (Å²) in [6, 6.07) is 0. The van der Waals surface area contributed by atoms with Gasteiger partial charge in [0.15, 0.2) is 0 Å². The third-order valence-electron chi connectivity index (χ3n) is 1.25. The molecule has 0 saturated carbocycles. The van der Waals surface area contributed by atoms with E-state index in [2.05, 4.69) is 4.18 Å². The van der Waals surface area contributed by atoms with Gasteiger partial charge in [-0.25, -0.2) is 0 Å². The van der Waals surface area contributed by atoms with E-state index in [0.717, 1.165) is 12.8 Å². The van der Waals surface area contributed by atoms with Crippen molar-refractivity contribution < 1.29 is 22.5 Å². The van der Waals surface area contributed by atoms with Crippen LogP contribution in [-0.2, 0) is 25.1 Å². The molecule has 0 amide bonds. The van der Waals surface area contributed by atoms with Gasteiger partial charge in [0.25, 0.3) is 0 Å². The maximum absolute atomic E-state index is 10.8. The van der Waals surface area contributed by atoms with Gasteiger partial charge >= 0.3 is 17.3 Å². The summed E-state index contributed by atoms with van der Waals surface area (Å²) in [6.07, 6.45) is 1.80. The Morgan fingerprint density at radius 3 is 2.69 bits per heavy atom. The molecule has 0 aromatic carbocycles. The van der Waals surface area contributed by atoms with Crippen LogP contribution >= 0.6 is 0 Å². The van der Waals surface area contributed by atoms with Crippen LogP contribution in [0.2, 0.25) is 0 Å². The van der Waals surface area contributed by atoms with E-state index in [0.29, 0.717) is 6.61 Å². The highest BCUT2D eigenvalue weighted by Gasteiger charge is 2.03. The van der Waals surface area contributed by atoms with Gasteiger partial charge in [-0.1, -0.05) is 13.3 Å². The maximum atomic E-state index is 10.8. The highest BCUT2D eigenvalue weighted by molar-refractivity contribution is 7.74. The molecule has 1 atom stereocenters. The first-order valence-corrected chi connectivity index (χ1v) is 5.09. The lowest BCUT2D eigenvalue weighted by Crippen LogP contribution is -2.09. The Bertz CT molecular complexity index is 170. The van der Waals surface area contributed by atoms with Crippen LogP contribution in [0.1, 0.15) is 26.2 Å². The number of carbonyl (C=O) groups excluding carboxylic acids is 1. The van der Waals surface area contributed by atoms with Crippen molar-refractivity contribution in [2.75, 3.05) is 13.2 Å². The standard InChI is InChI=1S/C7H14O5S/c1-2-3-5-11-7(8)4-6-12-13(9)10/h2-6H2,1H3,(H,9,10). The first kappa shape index (κ1) is 12.5. The summed E-state index contributed by atoms with van der Waals surface area (Å²) in [6.45, 7) is 2.30. The predicted molar refractivity (Wildman–Crippen MR) is 47.2 cm³/mol. The minimum atomic E-state index is -2.30. The first-order chi connectivity index (χ1) is 6.16. The molecule has 0 aromatic rings. The molecule has 5 nitrogen and oxygen atoms in total. The SMILES string of the molecule is CCCCOC(=O)CCOS(=O)O. The van der Waals surface area contributed by atoms with Gasteiger partial charge in [0.2, 0.25) is 0 Å². The van der Waals surface area contributed by atoms with Gasteiger partial charge in [-0.05, 0) is 6.42 Å². The molecule has 0 radical (unpaired) electrons. The van der Waals surface area contributed by atoms with Crippen molar-refractivity contribution in [3.05, 3.63) is 0 Å². The summed E-state index contributed by atoms with van der Waals surface area (Å²) in [4.78, 5) is 10.8. The first-order valence-electron chi connectivity index (χ1n) is 4.06. The molecular formula is C7H14O5S. The lowest BCUT2D eigenvalue weighted by Gasteiger charge is -2.02. The fourth-order valence-corrected chi connectivity index (χ4v) is 0.825. The van der Waals surface area contributed by atoms with Gasteiger partial charge in [0.1, 0.15) is 0 Å². The molecule has 0 fully saturated rings. The Morgan fingerprint density at radius 2 is 2.15 bits per heavy atom. The third kappa shape index (κ3) is 9.45. The molecule has 0 spiro atoms. The summed E-state index contributed by atoms with van der Waals surface area (Å²) in [5.41, 5.74) is 0. The molecule has 0 heterocycles. The minimum absolute atomic E-state index is 0.00993. The average molecular weight is 210 g/mol. The summed E-state index contributed by atoms with van der Waals surface area (Å²) >= 11 is -2.30. The smallest absolute Gasteiger partial charge is 0.308 e. The van der Waals surface area contributed by atoms with Crippen LogP contribution in [0.3, 0.4) is 0 Å². The van der Waals surface area contributed by atoms with E-state index in [9.17, 15) is 9.00 Å². The van der Waals surface area contributed by atoms with E-state index in [1.54, 1.807) is 0 Å². The Labute approximate surface area is 79.9 Å². The zero-order valence-corrected chi connectivity index (χ0v) is 8.34. The zero-order valence-electron chi connectivity index (χ0n) is 7.52. The van der Waals surface area contributed by atoms with E-state index in [1.165, 1.54) is 0 Å². The third-order valence-corrected chi connectivity index (χ3v) is 1.62. The molecule has 13 heavy (non-hydrogen) atoms. The van der Waals surface area contributed by atoms with Crippen LogP contribution < -0.4 is 0 Å². The number of hydrogen-bond donors (Lipinski definition) is 1. The zero-order chi connectivity index (χ0) is 10.1.